The Kier molecular flexibility index (Phi) is 5.10. The van der Waals surface area contributed by atoms with Crippen LogP contribution >= 0.6 is 0 Å². The molecule has 0 aliphatic rings. The van der Waals surface area contributed by atoms with Gasteiger partial charge in [0.1, 0.15) is 5.82 Å². The number of aryl methyl sites for hydroxylation is 1. The van der Waals surface area contributed by atoms with Crippen molar-refractivity contribution in [2.45, 2.75) is 19.0 Å². The maximum Gasteiger partial charge on any atom is 0.222 e. The predicted octanol–water partition coefficient (Wildman–Crippen LogP) is 3.87. The smallest absolute Gasteiger partial charge is 0.222 e. The zero-order valence-corrected chi connectivity index (χ0v) is 15.1. The van der Waals surface area contributed by atoms with Crippen molar-refractivity contribution < 1.29 is 9.18 Å². The van der Waals surface area contributed by atoms with Gasteiger partial charge in [-0.05, 0) is 41.5 Å². The van der Waals surface area contributed by atoms with Gasteiger partial charge < -0.3 is 9.88 Å². The molecule has 0 radical (unpaired) electrons. The van der Waals surface area contributed by atoms with Crippen molar-refractivity contribution in [3.63, 3.8) is 0 Å². The van der Waals surface area contributed by atoms with E-state index < -0.39 is 0 Å². The van der Waals surface area contributed by atoms with Crippen LogP contribution in [0.5, 0.6) is 0 Å². The van der Waals surface area contributed by atoms with Crippen LogP contribution in [0.4, 0.5) is 4.39 Å². The van der Waals surface area contributed by atoms with Gasteiger partial charge in [-0.25, -0.2) is 9.37 Å². The highest BCUT2D eigenvalue weighted by atomic mass is 19.1. The molecule has 4 aromatic rings. The molecule has 1 N–H and O–H groups in total. The van der Waals surface area contributed by atoms with Crippen LogP contribution in [0.2, 0.25) is 0 Å². The molecule has 0 saturated heterocycles. The molecule has 0 fully saturated rings. The van der Waals surface area contributed by atoms with E-state index in [-0.39, 0.29) is 17.8 Å². The van der Waals surface area contributed by atoms with Crippen LogP contribution in [0.3, 0.4) is 0 Å². The van der Waals surface area contributed by atoms with Crippen LogP contribution in [0.1, 0.15) is 23.6 Å². The maximum atomic E-state index is 13.3. The lowest BCUT2D eigenvalue weighted by Crippen LogP contribution is -2.30. The Bertz CT molecular complexity index is 1080. The van der Waals surface area contributed by atoms with Gasteiger partial charge in [0.25, 0.3) is 0 Å². The second kappa shape index (κ2) is 8.00. The summed E-state index contributed by atoms with van der Waals surface area (Å²) in [6, 6.07) is 17.3. The molecule has 2 aromatic carbocycles. The number of pyridine rings is 1. The lowest BCUT2D eigenvalue weighted by Gasteiger charge is -2.19. The molecule has 5 nitrogen and oxygen atoms in total. The van der Waals surface area contributed by atoms with Gasteiger partial charge in [0.2, 0.25) is 5.91 Å². The van der Waals surface area contributed by atoms with Gasteiger partial charge in [-0.15, -0.1) is 0 Å². The second-order valence-corrected chi connectivity index (χ2v) is 6.52. The molecule has 1 atom stereocenters. The Morgan fingerprint density at radius 2 is 1.86 bits per heavy atom. The molecule has 2 aromatic heterocycles. The van der Waals surface area contributed by atoms with Crippen LogP contribution in [0.15, 0.2) is 79.4 Å². The highest BCUT2D eigenvalue weighted by Crippen LogP contribution is 2.22. The first-order chi connectivity index (χ1) is 13.7. The summed E-state index contributed by atoms with van der Waals surface area (Å²) in [4.78, 5) is 21.1. The third kappa shape index (κ3) is 3.91. The van der Waals surface area contributed by atoms with Crippen LogP contribution in [-0.4, -0.2) is 20.4 Å². The molecule has 0 saturated carbocycles. The number of imidazole rings is 1. The lowest BCUT2D eigenvalue weighted by molar-refractivity contribution is -0.121. The van der Waals surface area contributed by atoms with E-state index in [2.05, 4.69) is 15.3 Å². The van der Waals surface area contributed by atoms with Gasteiger partial charge in [0.05, 0.1) is 23.4 Å². The van der Waals surface area contributed by atoms with E-state index in [1.807, 2.05) is 41.0 Å². The molecule has 2 heterocycles. The van der Waals surface area contributed by atoms with E-state index in [4.69, 9.17) is 0 Å². The summed E-state index contributed by atoms with van der Waals surface area (Å²) < 4.78 is 15.3. The zero-order valence-electron chi connectivity index (χ0n) is 15.1. The van der Waals surface area contributed by atoms with E-state index in [0.717, 1.165) is 22.2 Å². The number of amides is 1. The van der Waals surface area contributed by atoms with Crippen molar-refractivity contribution in [2.24, 2.45) is 0 Å². The fraction of sp³-hybridized carbons (Fsp3) is 0.136. The van der Waals surface area contributed by atoms with Crippen molar-refractivity contribution >= 4 is 16.9 Å². The summed E-state index contributed by atoms with van der Waals surface area (Å²) in [6.07, 6.45) is 5.43. The van der Waals surface area contributed by atoms with E-state index in [9.17, 15) is 9.18 Å². The fourth-order valence-corrected chi connectivity index (χ4v) is 3.20. The van der Waals surface area contributed by atoms with E-state index in [1.165, 1.54) is 12.1 Å². The van der Waals surface area contributed by atoms with Crippen molar-refractivity contribution in [3.05, 3.63) is 96.3 Å². The Morgan fingerprint density at radius 3 is 2.64 bits per heavy atom. The lowest BCUT2D eigenvalue weighted by atomic mass is 10.00. The zero-order chi connectivity index (χ0) is 19.3. The topological polar surface area (TPSA) is 59.8 Å². The molecule has 4 rings (SSSR count). The number of nitrogens with one attached hydrogen (secondary N) is 1. The number of hydrogen-bond donors (Lipinski definition) is 1. The molecule has 140 valence electrons. The molecule has 0 spiro atoms. The standard InChI is InChI=1S/C22H19FN4O/c23-18-9-7-16(8-10-18)22(17-4-3-12-24-14-17)26-21(28)11-13-27-15-25-19-5-1-2-6-20(19)27/h1-10,12,14-15,22H,11,13H2,(H,26,28). The van der Waals surface area contributed by atoms with E-state index in [0.29, 0.717) is 13.0 Å². The fourth-order valence-electron chi connectivity index (χ4n) is 3.20. The molecule has 0 aliphatic heterocycles. The molecule has 0 bridgehead atoms. The summed E-state index contributed by atoms with van der Waals surface area (Å²) >= 11 is 0. The average Bonchev–Trinajstić information content (AvgIpc) is 3.15. The van der Waals surface area contributed by atoms with Gasteiger partial charge in [0.15, 0.2) is 0 Å². The molecule has 1 amide bonds. The minimum absolute atomic E-state index is 0.101. The molecule has 28 heavy (non-hydrogen) atoms. The first-order valence-electron chi connectivity index (χ1n) is 9.05. The monoisotopic (exact) mass is 374 g/mol. The predicted molar refractivity (Wildman–Crippen MR) is 105 cm³/mol. The summed E-state index contributed by atoms with van der Waals surface area (Å²) in [5, 5.41) is 3.04. The number of carbonyl (C=O) groups is 1. The molecular formula is C22H19FN4O. The van der Waals surface area contributed by atoms with Crippen molar-refractivity contribution in [1.29, 1.82) is 0 Å². The number of para-hydroxylation sites is 2. The van der Waals surface area contributed by atoms with Crippen molar-refractivity contribution in [3.8, 4) is 0 Å². The normalized spacial score (nSPS) is 12.0. The number of rotatable bonds is 6. The van der Waals surface area contributed by atoms with Gasteiger partial charge in [-0.3, -0.25) is 9.78 Å². The van der Waals surface area contributed by atoms with Gasteiger partial charge in [-0.2, -0.15) is 0 Å². The van der Waals surface area contributed by atoms with Crippen LogP contribution in [0.25, 0.3) is 11.0 Å². The Morgan fingerprint density at radius 1 is 1.04 bits per heavy atom. The average molecular weight is 374 g/mol. The number of carbonyl (C=O) groups excluding carboxylic acids is 1. The summed E-state index contributed by atoms with van der Waals surface area (Å²) in [7, 11) is 0. The minimum atomic E-state index is -0.388. The van der Waals surface area contributed by atoms with Crippen molar-refractivity contribution in [2.75, 3.05) is 0 Å². The molecular weight excluding hydrogens is 355 g/mol. The third-order valence-corrected chi connectivity index (χ3v) is 4.63. The largest absolute Gasteiger partial charge is 0.345 e. The highest BCUT2D eigenvalue weighted by molar-refractivity contribution is 5.78. The summed E-state index contributed by atoms with van der Waals surface area (Å²) in [6.45, 7) is 0.523. The van der Waals surface area contributed by atoms with Crippen LogP contribution in [-0.2, 0) is 11.3 Å². The third-order valence-electron chi connectivity index (χ3n) is 4.63. The number of aromatic nitrogens is 3. The van der Waals surface area contributed by atoms with E-state index in [1.54, 1.807) is 30.9 Å². The van der Waals surface area contributed by atoms with Gasteiger partial charge in [0, 0.05) is 25.4 Å². The maximum absolute atomic E-state index is 13.3. The number of benzene rings is 2. The Balaban J connectivity index is 1.50. The van der Waals surface area contributed by atoms with Crippen LogP contribution < -0.4 is 5.32 Å². The second-order valence-electron chi connectivity index (χ2n) is 6.52. The Labute approximate surface area is 161 Å². The van der Waals surface area contributed by atoms with Gasteiger partial charge >= 0.3 is 0 Å². The Hall–Kier alpha value is -3.54. The first-order valence-corrected chi connectivity index (χ1v) is 9.05. The molecule has 6 heteroatoms. The SMILES string of the molecule is O=C(CCn1cnc2ccccc21)NC(c1ccc(F)cc1)c1cccnc1. The summed E-state index contributed by atoms with van der Waals surface area (Å²) in [5.41, 5.74) is 3.55. The summed E-state index contributed by atoms with van der Waals surface area (Å²) in [5.74, 6) is -0.414. The van der Waals surface area contributed by atoms with Crippen molar-refractivity contribution in [1.82, 2.24) is 19.9 Å². The van der Waals surface area contributed by atoms with Crippen LogP contribution in [0, 0.1) is 5.82 Å². The van der Waals surface area contributed by atoms with E-state index >= 15 is 0 Å². The highest BCUT2D eigenvalue weighted by Gasteiger charge is 2.17. The minimum Gasteiger partial charge on any atom is -0.345 e. The number of hydrogen-bond acceptors (Lipinski definition) is 3. The molecule has 1 unspecified atom stereocenters. The number of halogens is 1. The molecule has 0 aliphatic carbocycles. The first kappa shape index (κ1) is 17.9. The number of nitrogens with zero attached hydrogens (tertiary/aromatic N) is 3. The van der Waals surface area contributed by atoms with Gasteiger partial charge in [-0.1, -0.05) is 30.3 Å². The number of fused-ring (bicyclic) bond motifs is 1. The quantitative estimate of drug-likeness (QED) is 0.557.